The Kier molecular flexibility index (Phi) is 3.43. The smallest absolute Gasteiger partial charge is 0.120 e. The summed E-state index contributed by atoms with van der Waals surface area (Å²) in [6.07, 6.45) is 2.67. The van der Waals surface area contributed by atoms with E-state index < -0.39 is 0 Å². The van der Waals surface area contributed by atoms with Gasteiger partial charge < -0.3 is 9.84 Å². The number of aryl methyl sites for hydroxylation is 1. The lowest BCUT2D eigenvalue weighted by Gasteiger charge is -2.52. The van der Waals surface area contributed by atoms with Gasteiger partial charge in [-0.2, -0.15) is 0 Å². The van der Waals surface area contributed by atoms with E-state index in [1.165, 1.54) is 5.56 Å². The second kappa shape index (κ2) is 4.69. The summed E-state index contributed by atoms with van der Waals surface area (Å²) in [6.45, 7) is 6.34. The van der Waals surface area contributed by atoms with Gasteiger partial charge in [0, 0.05) is 11.8 Å². The molecule has 1 fully saturated rings. The van der Waals surface area contributed by atoms with E-state index in [2.05, 4.69) is 32.9 Å². The van der Waals surface area contributed by atoms with Crippen LogP contribution in [0.5, 0.6) is 5.75 Å². The van der Waals surface area contributed by atoms with E-state index in [4.69, 9.17) is 4.74 Å². The Morgan fingerprint density at radius 3 is 2.59 bits per heavy atom. The third-order valence-corrected chi connectivity index (χ3v) is 4.33. The average molecular weight is 234 g/mol. The van der Waals surface area contributed by atoms with Gasteiger partial charge in [-0.3, -0.25) is 0 Å². The predicted molar refractivity (Wildman–Crippen MR) is 69.2 cm³/mol. The van der Waals surface area contributed by atoms with Crippen LogP contribution < -0.4 is 4.74 Å². The molecular weight excluding hydrogens is 212 g/mol. The van der Waals surface area contributed by atoms with Crippen LogP contribution in [-0.4, -0.2) is 17.3 Å². The van der Waals surface area contributed by atoms with Gasteiger partial charge in [0.15, 0.2) is 0 Å². The minimum absolute atomic E-state index is 0.0380. The fourth-order valence-corrected chi connectivity index (χ4v) is 2.92. The van der Waals surface area contributed by atoms with Crippen LogP contribution in [0.15, 0.2) is 24.3 Å². The highest BCUT2D eigenvalue weighted by atomic mass is 16.5. The van der Waals surface area contributed by atoms with Crippen LogP contribution >= 0.6 is 0 Å². The van der Waals surface area contributed by atoms with Crippen molar-refractivity contribution in [2.24, 2.45) is 5.41 Å². The van der Waals surface area contributed by atoms with Crippen molar-refractivity contribution in [1.29, 1.82) is 0 Å². The normalized spacial score (nSPS) is 26.4. The van der Waals surface area contributed by atoms with E-state index in [0.29, 0.717) is 0 Å². The number of aliphatic hydroxyl groups excluding tert-OH is 1. The Morgan fingerprint density at radius 2 is 2.06 bits per heavy atom. The first-order valence-corrected chi connectivity index (χ1v) is 6.53. The number of hydrogen-bond donors (Lipinski definition) is 1. The molecule has 2 unspecified atom stereocenters. The highest BCUT2D eigenvalue weighted by molar-refractivity contribution is 5.28. The van der Waals surface area contributed by atoms with Gasteiger partial charge in [0.25, 0.3) is 0 Å². The highest BCUT2D eigenvalue weighted by Gasteiger charge is 2.53. The van der Waals surface area contributed by atoms with E-state index >= 15 is 0 Å². The molecule has 0 aromatic heterocycles. The van der Waals surface area contributed by atoms with Crippen LogP contribution in [-0.2, 0) is 0 Å². The molecule has 2 nitrogen and oxygen atoms in total. The zero-order valence-corrected chi connectivity index (χ0v) is 10.9. The Hall–Kier alpha value is -1.02. The Labute approximate surface area is 104 Å². The molecule has 0 heterocycles. The maximum atomic E-state index is 9.98. The van der Waals surface area contributed by atoms with Crippen molar-refractivity contribution in [2.75, 3.05) is 0 Å². The first-order chi connectivity index (χ1) is 8.12. The van der Waals surface area contributed by atoms with E-state index in [-0.39, 0.29) is 17.6 Å². The van der Waals surface area contributed by atoms with Crippen molar-refractivity contribution in [3.05, 3.63) is 29.8 Å². The van der Waals surface area contributed by atoms with Crippen LogP contribution in [0.2, 0.25) is 0 Å². The van der Waals surface area contributed by atoms with Gasteiger partial charge in [-0.05, 0) is 37.5 Å². The molecule has 0 saturated heterocycles. The van der Waals surface area contributed by atoms with Gasteiger partial charge >= 0.3 is 0 Å². The lowest BCUT2D eigenvalue weighted by atomic mass is 9.60. The van der Waals surface area contributed by atoms with E-state index in [9.17, 15) is 5.11 Å². The SMILES string of the molecule is CCC1(CC)C(O)CC1Oc1cccc(C)c1. The van der Waals surface area contributed by atoms with E-state index in [0.717, 1.165) is 25.0 Å². The summed E-state index contributed by atoms with van der Waals surface area (Å²) in [5.41, 5.74) is 1.17. The van der Waals surface area contributed by atoms with Crippen LogP contribution in [0.3, 0.4) is 0 Å². The van der Waals surface area contributed by atoms with Crippen LogP contribution in [0.4, 0.5) is 0 Å². The number of ether oxygens (including phenoxy) is 1. The summed E-state index contributed by atoms with van der Waals surface area (Å²) in [5, 5.41) is 9.98. The quantitative estimate of drug-likeness (QED) is 0.866. The Bertz CT molecular complexity index is 382. The van der Waals surface area contributed by atoms with E-state index in [1.807, 2.05) is 12.1 Å². The molecule has 94 valence electrons. The molecule has 0 spiro atoms. The fraction of sp³-hybridized carbons (Fsp3) is 0.600. The largest absolute Gasteiger partial charge is 0.490 e. The molecule has 1 aromatic carbocycles. The molecule has 1 N–H and O–H groups in total. The molecule has 0 radical (unpaired) electrons. The Morgan fingerprint density at radius 1 is 1.35 bits per heavy atom. The van der Waals surface area contributed by atoms with Gasteiger partial charge in [-0.25, -0.2) is 0 Å². The Balaban J connectivity index is 2.10. The molecule has 1 saturated carbocycles. The monoisotopic (exact) mass is 234 g/mol. The molecule has 1 aliphatic rings. The summed E-state index contributed by atoms with van der Waals surface area (Å²) in [6, 6.07) is 8.13. The zero-order valence-electron chi connectivity index (χ0n) is 10.9. The number of rotatable bonds is 4. The second-order valence-electron chi connectivity index (χ2n) is 5.11. The van der Waals surface area contributed by atoms with E-state index in [1.54, 1.807) is 0 Å². The molecule has 1 aromatic rings. The van der Waals surface area contributed by atoms with Crippen molar-refractivity contribution < 1.29 is 9.84 Å². The number of benzene rings is 1. The van der Waals surface area contributed by atoms with Crippen LogP contribution in [0.1, 0.15) is 38.7 Å². The zero-order chi connectivity index (χ0) is 12.5. The highest BCUT2D eigenvalue weighted by Crippen LogP contribution is 2.48. The molecule has 2 atom stereocenters. The van der Waals surface area contributed by atoms with Crippen molar-refractivity contribution >= 4 is 0 Å². The lowest BCUT2D eigenvalue weighted by molar-refractivity contribution is -0.159. The minimum atomic E-state index is -0.202. The van der Waals surface area contributed by atoms with Gasteiger partial charge in [-0.1, -0.05) is 26.0 Å². The third-order valence-electron chi connectivity index (χ3n) is 4.33. The standard InChI is InChI=1S/C15H22O2/c1-4-15(5-2)13(16)10-14(15)17-12-8-6-7-11(3)9-12/h6-9,13-14,16H,4-5,10H2,1-3H3. The maximum Gasteiger partial charge on any atom is 0.120 e. The van der Waals surface area contributed by atoms with Crippen LogP contribution in [0, 0.1) is 12.3 Å². The summed E-state index contributed by atoms with van der Waals surface area (Å²) >= 11 is 0. The summed E-state index contributed by atoms with van der Waals surface area (Å²) in [4.78, 5) is 0. The second-order valence-corrected chi connectivity index (χ2v) is 5.11. The molecule has 0 aliphatic heterocycles. The molecule has 0 amide bonds. The minimum Gasteiger partial charge on any atom is -0.490 e. The van der Waals surface area contributed by atoms with Crippen molar-refractivity contribution in [3.63, 3.8) is 0 Å². The first-order valence-electron chi connectivity index (χ1n) is 6.53. The van der Waals surface area contributed by atoms with Gasteiger partial charge in [0.1, 0.15) is 11.9 Å². The summed E-state index contributed by atoms with van der Waals surface area (Å²) in [5.74, 6) is 0.924. The van der Waals surface area contributed by atoms with Crippen molar-refractivity contribution in [3.8, 4) is 5.75 Å². The van der Waals surface area contributed by atoms with Crippen molar-refractivity contribution in [2.45, 2.75) is 52.2 Å². The molecular formula is C15H22O2. The predicted octanol–water partition coefficient (Wildman–Crippen LogP) is 3.31. The first kappa shape index (κ1) is 12.4. The van der Waals surface area contributed by atoms with Crippen LogP contribution in [0.25, 0.3) is 0 Å². The summed E-state index contributed by atoms with van der Waals surface area (Å²) < 4.78 is 6.04. The molecule has 0 bridgehead atoms. The fourth-order valence-electron chi connectivity index (χ4n) is 2.92. The summed E-state index contributed by atoms with van der Waals surface area (Å²) in [7, 11) is 0. The number of hydrogen-bond acceptors (Lipinski definition) is 2. The number of aliphatic hydroxyl groups is 1. The molecule has 1 aliphatic carbocycles. The van der Waals surface area contributed by atoms with Gasteiger partial charge in [-0.15, -0.1) is 0 Å². The topological polar surface area (TPSA) is 29.5 Å². The van der Waals surface area contributed by atoms with Gasteiger partial charge in [0.05, 0.1) is 6.10 Å². The molecule has 2 rings (SSSR count). The van der Waals surface area contributed by atoms with Gasteiger partial charge in [0.2, 0.25) is 0 Å². The lowest BCUT2D eigenvalue weighted by Crippen LogP contribution is -2.59. The maximum absolute atomic E-state index is 9.98. The molecule has 17 heavy (non-hydrogen) atoms. The third kappa shape index (κ3) is 2.06. The molecule has 2 heteroatoms. The van der Waals surface area contributed by atoms with Crippen molar-refractivity contribution in [1.82, 2.24) is 0 Å². The average Bonchev–Trinajstić information content (AvgIpc) is 2.30.